The highest BCUT2D eigenvalue weighted by Crippen LogP contribution is 2.43. The molecule has 0 fully saturated rings. The molecule has 0 saturated carbocycles. The van der Waals surface area contributed by atoms with E-state index in [0.29, 0.717) is 12.8 Å². The first-order valence-corrected chi connectivity index (χ1v) is 19.8. The molecule has 4 N–H and O–H groups in total. The number of aliphatic hydroxyl groups excluding tert-OH is 1. The van der Waals surface area contributed by atoms with Crippen LogP contribution in [0, 0.1) is 0 Å². The lowest BCUT2D eigenvalue weighted by atomic mass is 10.1. The number of carboxylic acids is 1. The van der Waals surface area contributed by atoms with E-state index in [2.05, 4.69) is 82.0 Å². The fourth-order valence-electron chi connectivity index (χ4n) is 4.46. The van der Waals surface area contributed by atoms with Gasteiger partial charge >= 0.3 is 19.8 Å². The number of unbranched alkanes of at least 4 members (excludes halogenated alkanes) is 9. The molecule has 0 bridgehead atoms. The number of nitrogens with one attached hydrogen (secondary N) is 1. The topological polar surface area (TPSA) is 169 Å². The van der Waals surface area contributed by atoms with Crippen molar-refractivity contribution in [2.75, 3.05) is 19.8 Å². The molecule has 0 rings (SSSR count). The third-order valence-electron chi connectivity index (χ3n) is 7.32. The van der Waals surface area contributed by atoms with Gasteiger partial charge in [0.05, 0.1) is 13.2 Å². The van der Waals surface area contributed by atoms with Crippen LogP contribution in [0.2, 0.25) is 0 Å². The van der Waals surface area contributed by atoms with Gasteiger partial charge in [-0.3, -0.25) is 18.6 Å². The van der Waals surface area contributed by atoms with Crippen molar-refractivity contribution < 1.29 is 47.8 Å². The molecule has 3 atom stereocenters. The van der Waals surface area contributed by atoms with Crippen molar-refractivity contribution in [1.82, 2.24) is 5.32 Å². The molecule has 0 aliphatic rings. The van der Waals surface area contributed by atoms with E-state index >= 15 is 0 Å². The number of aliphatic hydroxyl groups is 1. The number of esters is 1. The quantitative estimate of drug-likeness (QED) is 0.0223. The monoisotopic (exact) mass is 725 g/mol. The number of carbonyl (C=O) groups is 3. The first kappa shape index (κ1) is 47.2. The second-order valence-corrected chi connectivity index (χ2v) is 13.5. The fourth-order valence-corrected chi connectivity index (χ4v) is 5.23. The van der Waals surface area contributed by atoms with Gasteiger partial charge in [-0.1, -0.05) is 120 Å². The molecule has 0 aromatic carbocycles. The lowest BCUT2D eigenvalue weighted by molar-refractivity contribution is -0.147. The Morgan fingerprint density at radius 3 is 1.72 bits per heavy atom. The highest BCUT2D eigenvalue weighted by molar-refractivity contribution is 7.47. The van der Waals surface area contributed by atoms with Crippen LogP contribution in [0.4, 0.5) is 0 Å². The number of carbonyl (C=O) groups excluding carboxylic acids is 2. The first-order valence-electron chi connectivity index (χ1n) is 18.3. The highest BCUT2D eigenvalue weighted by Gasteiger charge is 2.28. The molecule has 0 aromatic heterocycles. The zero-order valence-corrected chi connectivity index (χ0v) is 31.3. The number of phosphoric acid groups is 1. The summed E-state index contributed by atoms with van der Waals surface area (Å²) in [5, 5.41) is 21.4. The summed E-state index contributed by atoms with van der Waals surface area (Å²) in [7, 11) is -4.73. The number of amides is 1. The Morgan fingerprint density at radius 2 is 1.16 bits per heavy atom. The summed E-state index contributed by atoms with van der Waals surface area (Å²) in [4.78, 5) is 45.0. The van der Waals surface area contributed by atoms with E-state index in [1.54, 1.807) is 0 Å². The van der Waals surface area contributed by atoms with Gasteiger partial charge in [0.25, 0.3) is 0 Å². The van der Waals surface area contributed by atoms with Crippen molar-refractivity contribution >= 4 is 25.7 Å². The van der Waals surface area contributed by atoms with Crippen LogP contribution in [0.3, 0.4) is 0 Å². The van der Waals surface area contributed by atoms with Crippen LogP contribution >= 0.6 is 7.82 Å². The zero-order chi connectivity index (χ0) is 37.1. The standard InChI is InChI=1S/C38H64NO10P/c1-3-5-7-8-9-10-11-12-13-14-15-16-17-18-19-20-21-22-23-24-25-26-28-30-37(42)47-31-34(40)32-48-50(45,46)49-33-35(38(43)44)39-36(41)29-27-6-4-2/h5,7,9-10,12-13,15-16,18-19,34-35,40H,3-4,6,8,11,14,17,20-33H2,1-2H3,(H,39,41)(H,43,44)(H,45,46)/b7-5-,10-9-,13-12-,16-15-,19-18-. The van der Waals surface area contributed by atoms with Crippen LogP contribution in [-0.2, 0) is 32.7 Å². The van der Waals surface area contributed by atoms with E-state index in [1.807, 2.05) is 6.92 Å². The van der Waals surface area contributed by atoms with E-state index in [9.17, 15) is 34.1 Å². The average molecular weight is 726 g/mol. The highest BCUT2D eigenvalue weighted by atomic mass is 31.2. The van der Waals surface area contributed by atoms with Crippen LogP contribution in [-0.4, -0.2) is 64.9 Å². The molecule has 1 amide bonds. The Labute approximate surface area is 300 Å². The molecule has 286 valence electrons. The van der Waals surface area contributed by atoms with Crippen molar-refractivity contribution in [3.05, 3.63) is 60.8 Å². The second-order valence-electron chi connectivity index (χ2n) is 12.0. The molecule has 0 aromatic rings. The Morgan fingerprint density at radius 1 is 0.660 bits per heavy atom. The maximum Gasteiger partial charge on any atom is 0.472 e. The van der Waals surface area contributed by atoms with Crippen molar-refractivity contribution in [2.45, 2.75) is 142 Å². The SMILES string of the molecule is CC/C=C\C/C=C\C/C=C\C/C=C\C/C=C\CCCCCCCCCC(=O)OCC(O)COP(=O)(O)OCC(NC(=O)CCCCC)C(=O)O. The minimum Gasteiger partial charge on any atom is -0.480 e. The van der Waals surface area contributed by atoms with Gasteiger partial charge in [0.15, 0.2) is 6.04 Å². The molecule has 11 nitrogen and oxygen atoms in total. The Bertz CT molecular complexity index is 1090. The minimum absolute atomic E-state index is 0.128. The van der Waals surface area contributed by atoms with Gasteiger partial charge in [0.1, 0.15) is 12.7 Å². The summed E-state index contributed by atoms with van der Waals surface area (Å²) in [5.74, 6) is -2.43. The molecule has 3 unspecified atom stereocenters. The van der Waals surface area contributed by atoms with Gasteiger partial charge in [0, 0.05) is 12.8 Å². The number of hydrogen-bond acceptors (Lipinski definition) is 8. The molecule has 0 heterocycles. The zero-order valence-electron chi connectivity index (χ0n) is 30.4. The Kier molecular flexibility index (Phi) is 31.5. The number of hydrogen-bond donors (Lipinski definition) is 4. The van der Waals surface area contributed by atoms with E-state index in [4.69, 9.17) is 4.74 Å². The van der Waals surface area contributed by atoms with Gasteiger partial charge in [-0.2, -0.15) is 0 Å². The number of phosphoric ester groups is 1. The molecule has 0 saturated heterocycles. The predicted molar refractivity (Wildman–Crippen MR) is 198 cm³/mol. The van der Waals surface area contributed by atoms with Crippen molar-refractivity contribution in [3.8, 4) is 0 Å². The first-order chi connectivity index (χ1) is 24.1. The summed E-state index contributed by atoms with van der Waals surface area (Å²) in [6, 6.07) is -1.54. The molecule has 0 spiro atoms. The lowest BCUT2D eigenvalue weighted by Gasteiger charge is -2.18. The van der Waals surface area contributed by atoms with Crippen molar-refractivity contribution in [2.24, 2.45) is 0 Å². The van der Waals surface area contributed by atoms with Crippen molar-refractivity contribution in [3.63, 3.8) is 0 Å². The third kappa shape index (κ3) is 32.4. The van der Waals surface area contributed by atoms with Crippen LogP contribution in [0.15, 0.2) is 60.8 Å². The van der Waals surface area contributed by atoms with Crippen LogP contribution in [0.5, 0.6) is 0 Å². The van der Waals surface area contributed by atoms with Crippen LogP contribution in [0.1, 0.15) is 129 Å². The normalized spacial score (nSPS) is 14.6. The fraction of sp³-hybridized carbons (Fsp3) is 0.658. The molecular weight excluding hydrogens is 661 g/mol. The molecule has 0 aliphatic carbocycles. The largest absolute Gasteiger partial charge is 0.480 e. The van der Waals surface area contributed by atoms with E-state index in [-0.39, 0.29) is 12.8 Å². The van der Waals surface area contributed by atoms with Gasteiger partial charge < -0.3 is 25.2 Å². The summed E-state index contributed by atoms with van der Waals surface area (Å²) in [6.07, 6.45) is 36.6. The molecule has 0 radical (unpaired) electrons. The smallest absolute Gasteiger partial charge is 0.472 e. The van der Waals surface area contributed by atoms with E-state index < -0.39 is 57.6 Å². The number of carboxylic acid groups (broad SMARTS) is 1. The molecular formula is C38H64NO10P. The molecule has 0 aliphatic heterocycles. The van der Waals surface area contributed by atoms with Gasteiger partial charge in [-0.15, -0.1) is 0 Å². The summed E-state index contributed by atoms with van der Waals surface area (Å²) in [5.41, 5.74) is 0. The van der Waals surface area contributed by atoms with Crippen LogP contribution in [0.25, 0.3) is 0 Å². The van der Waals surface area contributed by atoms with Crippen LogP contribution < -0.4 is 5.32 Å². The van der Waals surface area contributed by atoms with Gasteiger partial charge in [0.2, 0.25) is 5.91 Å². The van der Waals surface area contributed by atoms with E-state index in [1.165, 1.54) is 12.8 Å². The third-order valence-corrected chi connectivity index (χ3v) is 8.27. The van der Waals surface area contributed by atoms with Gasteiger partial charge in [-0.25, -0.2) is 9.36 Å². The predicted octanol–water partition coefficient (Wildman–Crippen LogP) is 8.44. The summed E-state index contributed by atoms with van der Waals surface area (Å²) in [6.45, 7) is 2.19. The lowest BCUT2D eigenvalue weighted by Crippen LogP contribution is -2.43. The maximum atomic E-state index is 12.1. The number of aliphatic carboxylic acids is 1. The van der Waals surface area contributed by atoms with E-state index in [0.717, 1.165) is 77.0 Å². The van der Waals surface area contributed by atoms with Gasteiger partial charge in [-0.05, 0) is 57.8 Å². The number of ether oxygens (including phenoxy) is 1. The van der Waals surface area contributed by atoms with Crippen molar-refractivity contribution in [1.29, 1.82) is 0 Å². The average Bonchev–Trinajstić information content (AvgIpc) is 3.08. The molecule has 12 heteroatoms. The molecule has 50 heavy (non-hydrogen) atoms. The second kappa shape index (κ2) is 33.3. The number of rotatable bonds is 33. The summed E-state index contributed by atoms with van der Waals surface area (Å²) < 4.78 is 26.4. The minimum atomic E-state index is -4.73. The summed E-state index contributed by atoms with van der Waals surface area (Å²) >= 11 is 0. The maximum absolute atomic E-state index is 12.1. The Balaban J connectivity index is 3.82. The number of allylic oxidation sites excluding steroid dienone is 10. The Hall–Kier alpha value is -2.82.